The van der Waals surface area contributed by atoms with Gasteiger partial charge in [0.1, 0.15) is 0 Å². The second-order valence-corrected chi connectivity index (χ2v) is 6.57. The smallest absolute Gasteiger partial charge is 0.0612 e. The maximum absolute atomic E-state index is 6.20. The van der Waals surface area contributed by atoms with Crippen molar-refractivity contribution in [1.29, 1.82) is 0 Å². The van der Waals surface area contributed by atoms with E-state index in [0.717, 1.165) is 25.3 Å². The lowest BCUT2D eigenvalue weighted by atomic mass is 10.1. The van der Waals surface area contributed by atoms with Crippen LogP contribution in [0, 0.1) is 0 Å². The first-order valence-corrected chi connectivity index (χ1v) is 8.45. The molecule has 1 heterocycles. The van der Waals surface area contributed by atoms with Crippen LogP contribution in [0.5, 0.6) is 0 Å². The Morgan fingerprint density at radius 2 is 1.86 bits per heavy atom. The molecule has 0 saturated carbocycles. The molecule has 1 aliphatic heterocycles. The van der Waals surface area contributed by atoms with E-state index in [0.29, 0.717) is 16.1 Å². The summed E-state index contributed by atoms with van der Waals surface area (Å²) in [5.74, 6) is 0. The molecule has 0 aliphatic carbocycles. The lowest BCUT2D eigenvalue weighted by Crippen LogP contribution is -2.37. The van der Waals surface area contributed by atoms with E-state index in [-0.39, 0.29) is 0 Å². The van der Waals surface area contributed by atoms with Crippen molar-refractivity contribution in [2.75, 3.05) is 18.0 Å². The average molecular weight is 335 g/mol. The number of hydrogen-bond acceptors (Lipinski definition) is 2. The summed E-state index contributed by atoms with van der Waals surface area (Å²) in [7, 11) is 0. The van der Waals surface area contributed by atoms with Crippen LogP contribution in [0.15, 0.2) is 48.5 Å². The van der Waals surface area contributed by atoms with Crippen LogP contribution < -0.4 is 10.2 Å². The van der Waals surface area contributed by atoms with Gasteiger partial charge in [0.25, 0.3) is 0 Å². The van der Waals surface area contributed by atoms with Crippen molar-refractivity contribution >= 4 is 28.9 Å². The molecule has 0 aromatic heterocycles. The van der Waals surface area contributed by atoms with Crippen LogP contribution >= 0.6 is 23.2 Å². The van der Waals surface area contributed by atoms with Gasteiger partial charge < -0.3 is 10.2 Å². The first-order valence-electron chi connectivity index (χ1n) is 7.70. The van der Waals surface area contributed by atoms with Crippen molar-refractivity contribution in [2.24, 2.45) is 0 Å². The topological polar surface area (TPSA) is 15.3 Å². The van der Waals surface area contributed by atoms with E-state index in [9.17, 15) is 0 Å². The van der Waals surface area contributed by atoms with Crippen molar-refractivity contribution in [3.8, 4) is 0 Å². The van der Waals surface area contributed by atoms with Crippen LogP contribution in [-0.4, -0.2) is 19.1 Å². The number of benzene rings is 2. The van der Waals surface area contributed by atoms with Gasteiger partial charge in [-0.3, -0.25) is 0 Å². The summed E-state index contributed by atoms with van der Waals surface area (Å²) in [6.07, 6.45) is 2.48. The molecule has 2 aromatic carbocycles. The zero-order valence-electron chi connectivity index (χ0n) is 12.4. The maximum Gasteiger partial charge on any atom is 0.0612 e. The van der Waals surface area contributed by atoms with Gasteiger partial charge in [-0.15, -0.1) is 0 Å². The first-order chi connectivity index (χ1) is 10.7. The molecule has 116 valence electrons. The molecular weight excluding hydrogens is 315 g/mol. The highest BCUT2D eigenvalue weighted by Crippen LogP contribution is 2.28. The number of nitrogens with one attached hydrogen (secondary N) is 1. The van der Waals surface area contributed by atoms with Crippen LogP contribution in [0.1, 0.15) is 18.4 Å². The monoisotopic (exact) mass is 334 g/mol. The SMILES string of the molecule is Clc1ccc(N(Cc2ccccc2)C[C@@H]2CCCN2)cc1Cl. The zero-order chi connectivity index (χ0) is 15.4. The Kier molecular flexibility index (Phi) is 5.24. The number of anilines is 1. The summed E-state index contributed by atoms with van der Waals surface area (Å²) in [6, 6.07) is 16.9. The molecule has 0 radical (unpaired) electrons. The van der Waals surface area contributed by atoms with Crippen molar-refractivity contribution in [1.82, 2.24) is 5.32 Å². The van der Waals surface area contributed by atoms with Crippen molar-refractivity contribution in [3.05, 3.63) is 64.1 Å². The Morgan fingerprint density at radius 3 is 2.55 bits per heavy atom. The fourth-order valence-electron chi connectivity index (χ4n) is 2.93. The summed E-state index contributed by atoms with van der Waals surface area (Å²) >= 11 is 12.3. The second-order valence-electron chi connectivity index (χ2n) is 5.76. The molecule has 22 heavy (non-hydrogen) atoms. The lowest BCUT2D eigenvalue weighted by Gasteiger charge is -2.28. The quantitative estimate of drug-likeness (QED) is 0.848. The van der Waals surface area contributed by atoms with Crippen molar-refractivity contribution in [2.45, 2.75) is 25.4 Å². The van der Waals surface area contributed by atoms with Crippen LogP contribution in [0.3, 0.4) is 0 Å². The molecule has 0 spiro atoms. The third-order valence-corrected chi connectivity index (χ3v) is 4.83. The van der Waals surface area contributed by atoms with Gasteiger partial charge in [-0.2, -0.15) is 0 Å². The summed E-state index contributed by atoms with van der Waals surface area (Å²) < 4.78 is 0. The fraction of sp³-hybridized carbons (Fsp3) is 0.333. The van der Waals surface area contributed by atoms with Gasteiger partial charge in [-0.1, -0.05) is 53.5 Å². The van der Waals surface area contributed by atoms with E-state index < -0.39 is 0 Å². The minimum atomic E-state index is 0.540. The molecule has 3 rings (SSSR count). The molecule has 1 saturated heterocycles. The number of rotatable bonds is 5. The Bertz CT molecular complexity index is 610. The fourth-order valence-corrected chi connectivity index (χ4v) is 3.22. The lowest BCUT2D eigenvalue weighted by molar-refractivity contribution is 0.580. The molecule has 0 bridgehead atoms. The molecular formula is C18H20Cl2N2. The van der Waals surface area contributed by atoms with Crippen LogP contribution in [0.2, 0.25) is 10.0 Å². The number of halogens is 2. The molecule has 0 amide bonds. The van der Waals surface area contributed by atoms with E-state index in [1.807, 2.05) is 24.3 Å². The molecule has 1 N–H and O–H groups in total. The van der Waals surface area contributed by atoms with E-state index in [1.165, 1.54) is 18.4 Å². The number of nitrogens with zero attached hydrogens (tertiary/aromatic N) is 1. The van der Waals surface area contributed by atoms with Gasteiger partial charge in [0, 0.05) is 24.8 Å². The van der Waals surface area contributed by atoms with Gasteiger partial charge in [-0.25, -0.2) is 0 Å². The molecule has 4 heteroatoms. The van der Waals surface area contributed by atoms with E-state index in [2.05, 4.69) is 34.5 Å². The predicted molar refractivity (Wildman–Crippen MR) is 95.0 cm³/mol. The van der Waals surface area contributed by atoms with Gasteiger partial charge in [0.2, 0.25) is 0 Å². The highest BCUT2D eigenvalue weighted by atomic mass is 35.5. The molecule has 1 fully saturated rings. The molecule has 2 nitrogen and oxygen atoms in total. The standard InChI is InChI=1S/C18H20Cl2N2/c19-17-9-8-16(11-18(17)20)22(13-15-7-4-10-21-15)12-14-5-2-1-3-6-14/h1-3,5-6,8-9,11,15,21H,4,7,10,12-13H2/t15-/m0/s1. The third-order valence-electron chi connectivity index (χ3n) is 4.09. The van der Waals surface area contributed by atoms with Gasteiger partial charge in [-0.05, 0) is 43.1 Å². The Balaban J connectivity index is 1.82. The van der Waals surface area contributed by atoms with E-state index in [4.69, 9.17) is 23.2 Å². The van der Waals surface area contributed by atoms with Crippen LogP contribution in [0.4, 0.5) is 5.69 Å². The molecule has 2 aromatic rings. The number of hydrogen-bond donors (Lipinski definition) is 1. The zero-order valence-corrected chi connectivity index (χ0v) is 13.9. The maximum atomic E-state index is 6.20. The largest absolute Gasteiger partial charge is 0.366 e. The minimum absolute atomic E-state index is 0.540. The first kappa shape index (κ1) is 15.7. The van der Waals surface area contributed by atoms with Gasteiger partial charge in [0.15, 0.2) is 0 Å². The molecule has 1 aliphatic rings. The third kappa shape index (κ3) is 3.95. The van der Waals surface area contributed by atoms with E-state index in [1.54, 1.807) is 0 Å². The summed E-state index contributed by atoms with van der Waals surface area (Å²) in [5.41, 5.74) is 2.42. The minimum Gasteiger partial charge on any atom is -0.366 e. The highest BCUT2D eigenvalue weighted by Gasteiger charge is 2.19. The van der Waals surface area contributed by atoms with E-state index >= 15 is 0 Å². The Hall–Kier alpha value is -1.22. The van der Waals surface area contributed by atoms with Gasteiger partial charge in [0.05, 0.1) is 10.0 Å². The summed E-state index contributed by atoms with van der Waals surface area (Å²) in [4.78, 5) is 2.38. The normalized spacial score (nSPS) is 17.6. The Morgan fingerprint density at radius 1 is 1.05 bits per heavy atom. The summed E-state index contributed by atoms with van der Waals surface area (Å²) in [6.45, 7) is 2.97. The van der Waals surface area contributed by atoms with Crippen molar-refractivity contribution < 1.29 is 0 Å². The highest BCUT2D eigenvalue weighted by molar-refractivity contribution is 6.42. The predicted octanol–water partition coefficient (Wildman–Crippen LogP) is 4.75. The van der Waals surface area contributed by atoms with Crippen LogP contribution in [0.25, 0.3) is 0 Å². The van der Waals surface area contributed by atoms with Gasteiger partial charge >= 0.3 is 0 Å². The van der Waals surface area contributed by atoms with Crippen molar-refractivity contribution in [3.63, 3.8) is 0 Å². The van der Waals surface area contributed by atoms with Crippen LogP contribution in [-0.2, 0) is 6.54 Å². The average Bonchev–Trinajstić information content (AvgIpc) is 3.03. The molecule has 1 atom stereocenters. The summed E-state index contributed by atoms with van der Waals surface area (Å²) in [5, 5.41) is 4.78. The second kappa shape index (κ2) is 7.36. The molecule has 0 unspecified atom stereocenters. The Labute approximate surface area is 142 Å².